The van der Waals surface area contributed by atoms with Crippen molar-refractivity contribution in [1.29, 1.82) is 0 Å². The number of aromatic amines is 1. The van der Waals surface area contributed by atoms with Gasteiger partial charge in [0, 0.05) is 17.4 Å². The van der Waals surface area contributed by atoms with Crippen molar-refractivity contribution in [3.8, 4) is 11.4 Å². The molecule has 3 rings (SSSR count). The van der Waals surface area contributed by atoms with Gasteiger partial charge in [-0.3, -0.25) is 9.59 Å². The van der Waals surface area contributed by atoms with Crippen LogP contribution in [0.5, 0.6) is 0 Å². The fraction of sp³-hybridized carbons (Fsp3) is 0.190. The topological polar surface area (TPSA) is 74.8 Å². The Bertz CT molecular complexity index is 956. The predicted octanol–water partition coefficient (Wildman–Crippen LogP) is 3.81. The molecule has 0 saturated heterocycles. The van der Waals surface area contributed by atoms with Crippen LogP contribution in [0.25, 0.3) is 11.4 Å². The first kappa shape index (κ1) is 17.6. The van der Waals surface area contributed by atoms with Crippen LogP contribution in [0.2, 0.25) is 0 Å². The van der Waals surface area contributed by atoms with Crippen LogP contribution in [-0.4, -0.2) is 15.9 Å². The molecule has 0 atom stereocenters. The lowest BCUT2D eigenvalue weighted by Crippen LogP contribution is -2.25. The van der Waals surface area contributed by atoms with E-state index < -0.39 is 11.5 Å². The van der Waals surface area contributed by atoms with E-state index in [1.54, 1.807) is 0 Å². The maximum atomic E-state index is 12.6. The fourth-order valence-electron chi connectivity index (χ4n) is 2.88. The Hall–Kier alpha value is -3.21. The van der Waals surface area contributed by atoms with E-state index in [-0.39, 0.29) is 5.56 Å². The van der Waals surface area contributed by atoms with Gasteiger partial charge in [0.1, 0.15) is 11.4 Å². The molecule has 2 aromatic carbocycles. The van der Waals surface area contributed by atoms with Crippen molar-refractivity contribution in [2.24, 2.45) is 0 Å². The Morgan fingerprint density at radius 2 is 1.65 bits per heavy atom. The highest BCUT2D eigenvalue weighted by atomic mass is 16.2. The Balaban J connectivity index is 1.91. The molecule has 0 saturated carbocycles. The first-order valence-corrected chi connectivity index (χ1v) is 8.70. The van der Waals surface area contributed by atoms with E-state index in [2.05, 4.69) is 15.3 Å². The number of aromatic nitrogens is 2. The van der Waals surface area contributed by atoms with Gasteiger partial charge in [0.2, 0.25) is 0 Å². The molecule has 1 heterocycles. The second kappa shape index (κ2) is 7.78. The number of aryl methyl sites for hydroxylation is 2. The third kappa shape index (κ3) is 3.57. The standard InChI is InChI=1S/C21H21N3O2/c1-3-14-11-8-12-15(4-2)18(14)23-20(25)17-13-22-19(24-21(17)26)16-9-6-5-7-10-16/h5-13H,3-4H2,1-2H3,(H,23,25)(H,22,24,26). The van der Waals surface area contributed by atoms with E-state index in [0.29, 0.717) is 5.82 Å². The van der Waals surface area contributed by atoms with Gasteiger partial charge in [-0.2, -0.15) is 0 Å². The van der Waals surface area contributed by atoms with Gasteiger partial charge < -0.3 is 10.3 Å². The summed E-state index contributed by atoms with van der Waals surface area (Å²) in [4.78, 5) is 32.0. The lowest BCUT2D eigenvalue weighted by molar-refractivity contribution is 0.102. The molecule has 0 aliphatic rings. The van der Waals surface area contributed by atoms with Crippen LogP contribution < -0.4 is 10.9 Å². The highest BCUT2D eigenvalue weighted by molar-refractivity contribution is 6.04. The summed E-state index contributed by atoms with van der Waals surface area (Å²) in [6.07, 6.45) is 2.92. The number of nitrogens with zero attached hydrogens (tertiary/aromatic N) is 1. The van der Waals surface area contributed by atoms with Crippen molar-refractivity contribution in [2.45, 2.75) is 26.7 Å². The largest absolute Gasteiger partial charge is 0.321 e. The maximum absolute atomic E-state index is 12.6. The third-order valence-electron chi connectivity index (χ3n) is 4.33. The highest BCUT2D eigenvalue weighted by Gasteiger charge is 2.16. The van der Waals surface area contributed by atoms with Crippen molar-refractivity contribution < 1.29 is 4.79 Å². The molecule has 5 nitrogen and oxygen atoms in total. The Kier molecular flexibility index (Phi) is 5.27. The number of carbonyl (C=O) groups excluding carboxylic acids is 1. The van der Waals surface area contributed by atoms with Crippen molar-refractivity contribution in [2.75, 3.05) is 5.32 Å². The number of H-pyrrole nitrogens is 1. The van der Waals surface area contributed by atoms with E-state index in [0.717, 1.165) is 35.2 Å². The minimum absolute atomic E-state index is 0.00218. The molecule has 2 N–H and O–H groups in total. The second-order valence-electron chi connectivity index (χ2n) is 5.95. The number of amides is 1. The Morgan fingerprint density at radius 1 is 1.00 bits per heavy atom. The maximum Gasteiger partial charge on any atom is 0.264 e. The zero-order valence-corrected chi connectivity index (χ0v) is 14.9. The summed E-state index contributed by atoms with van der Waals surface area (Å²) in [6.45, 7) is 4.07. The van der Waals surface area contributed by atoms with Gasteiger partial charge >= 0.3 is 0 Å². The molecule has 0 aliphatic heterocycles. The van der Waals surface area contributed by atoms with Crippen LogP contribution in [-0.2, 0) is 12.8 Å². The van der Waals surface area contributed by atoms with Gasteiger partial charge in [0.25, 0.3) is 11.5 Å². The molecule has 26 heavy (non-hydrogen) atoms. The lowest BCUT2D eigenvalue weighted by atomic mass is 10.0. The van der Waals surface area contributed by atoms with Crippen LogP contribution in [0.15, 0.2) is 59.5 Å². The number of benzene rings is 2. The monoisotopic (exact) mass is 347 g/mol. The number of rotatable bonds is 5. The average molecular weight is 347 g/mol. The van der Waals surface area contributed by atoms with E-state index in [1.165, 1.54) is 6.20 Å². The van der Waals surface area contributed by atoms with Crippen LogP contribution in [0.4, 0.5) is 5.69 Å². The van der Waals surface area contributed by atoms with Gasteiger partial charge in [-0.05, 0) is 24.0 Å². The fourth-order valence-corrected chi connectivity index (χ4v) is 2.88. The van der Waals surface area contributed by atoms with E-state index in [9.17, 15) is 9.59 Å². The van der Waals surface area contributed by atoms with Crippen LogP contribution in [0, 0.1) is 0 Å². The number of carbonyl (C=O) groups is 1. The van der Waals surface area contributed by atoms with Crippen LogP contribution in [0.3, 0.4) is 0 Å². The number of hydrogen-bond acceptors (Lipinski definition) is 3. The molecule has 0 radical (unpaired) electrons. The Labute approximate surface area is 152 Å². The van der Waals surface area contributed by atoms with Crippen molar-refractivity contribution in [1.82, 2.24) is 9.97 Å². The quantitative estimate of drug-likeness (QED) is 0.737. The van der Waals surface area contributed by atoms with Crippen LogP contribution >= 0.6 is 0 Å². The highest BCUT2D eigenvalue weighted by Crippen LogP contribution is 2.23. The summed E-state index contributed by atoms with van der Waals surface area (Å²) in [5.41, 5.74) is 3.21. The summed E-state index contributed by atoms with van der Waals surface area (Å²) in [5.74, 6) is -0.00989. The average Bonchev–Trinajstić information content (AvgIpc) is 2.68. The summed E-state index contributed by atoms with van der Waals surface area (Å²) in [6, 6.07) is 15.3. The lowest BCUT2D eigenvalue weighted by Gasteiger charge is -2.14. The number of anilines is 1. The van der Waals surface area contributed by atoms with Gasteiger partial charge in [0.05, 0.1) is 0 Å². The van der Waals surface area contributed by atoms with Gasteiger partial charge in [-0.25, -0.2) is 4.98 Å². The molecule has 0 unspecified atom stereocenters. The minimum Gasteiger partial charge on any atom is -0.321 e. The van der Waals surface area contributed by atoms with Crippen molar-refractivity contribution in [3.63, 3.8) is 0 Å². The minimum atomic E-state index is -0.455. The first-order valence-electron chi connectivity index (χ1n) is 8.70. The number of nitrogens with one attached hydrogen (secondary N) is 2. The van der Waals surface area contributed by atoms with Crippen molar-refractivity contribution >= 4 is 11.6 Å². The summed E-state index contributed by atoms with van der Waals surface area (Å²) < 4.78 is 0. The second-order valence-corrected chi connectivity index (χ2v) is 5.95. The smallest absolute Gasteiger partial charge is 0.264 e. The first-order chi connectivity index (χ1) is 12.6. The molecule has 5 heteroatoms. The van der Waals surface area contributed by atoms with Gasteiger partial charge in [-0.15, -0.1) is 0 Å². The SMILES string of the molecule is CCc1cccc(CC)c1NC(=O)c1cnc(-c2ccccc2)[nH]c1=O. The molecule has 0 bridgehead atoms. The van der Waals surface area contributed by atoms with Gasteiger partial charge in [-0.1, -0.05) is 62.4 Å². The molecule has 0 spiro atoms. The van der Waals surface area contributed by atoms with Gasteiger partial charge in [0.15, 0.2) is 0 Å². The zero-order valence-electron chi connectivity index (χ0n) is 14.9. The van der Waals surface area contributed by atoms with Crippen LogP contribution in [0.1, 0.15) is 35.3 Å². The zero-order chi connectivity index (χ0) is 18.5. The number of hydrogen-bond donors (Lipinski definition) is 2. The molecule has 1 aromatic heterocycles. The molecule has 1 amide bonds. The normalized spacial score (nSPS) is 10.5. The van der Waals surface area contributed by atoms with E-state index in [1.807, 2.05) is 62.4 Å². The van der Waals surface area contributed by atoms with Crippen molar-refractivity contribution in [3.05, 3.63) is 81.8 Å². The number of para-hydroxylation sites is 1. The molecule has 3 aromatic rings. The van der Waals surface area contributed by atoms with E-state index >= 15 is 0 Å². The summed E-state index contributed by atoms with van der Waals surface area (Å²) >= 11 is 0. The molecular formula is C21H21N3O2. The summed E-state index contributed by atoms with van der Waals surface area (Å²) in [7, 11) is 0. The Morgan fingerprint density at radius 3 is 2.23 bits per heavy atom. The molecule has 0 fully saturated rings. The van der Waals surface area contributed by atoms with E-state index in [4.69, 9.17) is 0 Å². The third-order valence-corrected chi connectivity index (χ3v) is 4.33. The molecule has 0 aliphatic carbocycles. The molecular weight excluding hydrogens is 326 g/mol. The molecule has 132 valence electrons. The predicted molar refractivity (Wildman–Crippen MR) is 103 cm³/mol. The summed E-state index contributed by atoms with van der Waals surface area (Å²) in [5, 5.41) is 2.90.